The molecular weight excluding hydrogens is 314 g/mol. The summed E-state index contributed by atoms with van der Waals surface area (Å²) in [5, 5.41) is 8.57. The first kappa shape index (κ1) is 17.0. The normalized spacial score (nSPS) is 11.6. The topological polar surface area (TPSA) is 70.2 Å². The van der Waals surface area contributed by atoms with Gasteiger partial charge in [0.25, 0.3) is 0 Å². The summed E-state index contributed by atoms with van der Waals surface area (Å²) in [7, 11) is 0. The van der Waals surface area contributed by atoms with E-state index >= 15 is 0 Å². The van der Waals surface area contributed by atoms with Crippen molar-refractivity contribution in [3.05, 3.63) is 65.2 Å². The Labute approximate surface area is 140 Å². The highest BCUT2D eigenvalue weighted by Gasteiger charge is 2.10. The number of benzene rings is 2. The van der Waals surface area contributed by atoms with E-state index in [2.05, 4.69) is 16.0 Å². The van der Waals surface area contributed by atoms with Gasteiger partial charge in [0.15, 0.2) is 0 Å². The van der Waals surface area contributed by atoms with E-state index in [0.717, 1.165) is 5.56 Å². The van der Waals surface area contributed by atoms with E-state index in [1.807, 2.05) is 25.1 Å². The molecule has 5 nitrogen and oxygen atoms in total. The third-order valence-electron chi connectivity index (χ3n) is 3.22. The molecule has 0 saturated heterocycles. The zero-order valence-corrected chi connectivity index (χ0v) is 13.4. The number of amides is 3. The lowest BCUT2D eigenvalue weighted by Gasteiger charge is -2.14. The van der Waals surface area contributed by atoms with Crippen LogP contribution in [0.1, 0.15) is 18.5 Å². The summed E-state index contributed by atoms with van der Waals surface area (Å²) in [5.74, 6) is -0.403. The Balaban J connectivity index is 1.76. The van der Waals surface area contributed by atoms with E-state index in [4.69, 9.17) is 11.6 Å². The summed E-state index contributed by atoms with van der Waals surface area (Å²) in [6.07, 6.45) is 0. The first-order valence-electron chi connectivity index (χ1n) is 7.19. The molecule has 23 heavy (non-hydrogen) atoms. The highest BCUT2D eigenvalue weighted by molar-refractivity contribution is 6.30. The number of hydrogen-bond donors (Lipinski definition) is 3. The van der Waals surface area contributed by atoms with E-state index in [1.54, 1.807) is 36.4 Å². The summed E-state index contributed by atoms with van der Waals surface area (Å²) in [6.45, 7) is 1.96. The summed E-state index contributed by atoms with van der Waals surface area (Å²) >= 11 is 5.84. The standard InChI is InChI=1S/C17H18ClN3O2/c1-12(13-7-9-14(18)10-8-13)19-11-16(22)21-17(23)20-15-5-3-2-4-6-15/h2-10,12,19H,11H2,1H3,(H2,20,21,22,23). The Hall–Kier alpha value is -2.37. The summed E-state index contributed by atoms with van der Waals surface area (Å²) in [5.41, 5.74) is 1.64. The molecule has 3 N–H and O–H groups in total. The van der Waals surface area contributed by atoms with Crippen LogP contribution in [0.25, 0.3) is 0 Å². The van der Waals surface area contributed by atoms with E-state index in [-0.39, 0.29) is 12.6 Å². The molecular formula is C17H18ClN3O2. The molecule has 2 aromatic carbocycles. The molecule has 0 saturated carbocycles. The Morgan fingerprint density at radius 1 is 1.04 bits per heavy atom. The van der Waals surface area contributed by atoms with Crippen LogP contribution in [0.4, 0.5) is 10.5 Å². The SMILES string of the molecule is CC(NCC(=O)NC(=O)Nc1ccccc1)c1ccc(Cl)cc1. The van der Waals surface area contributed by atoms with Gasteiger partial charge in [-0.2, -0.15) is 0 Å². The van der Waals surface area contributed by atoms with Crippen LogP contribution >= 0.6 is 11.6 Å². The number of hydrogen-bond acceptors (Lipinski definition) is 3. The van der Waals surface area contributed by atoms with Crippen molar-refractivity contribution in [2.75, 3.05) is 11.9 Å². The van der Waals surface area contributed by atoms with Crippen molar-refractivity contribution >= 4 is 29.2 Å². The number of nitrogens with one attached hydrogen (secondary N) is 3. The third kappa shape index (κ3) is 5.73. The number of carbonyl (C=O) groups is 2. The fraction of sp³-hybridized carbons (Fsp3) is 0.176. The molecule has 120 valence electrons. The summed E-state index contributed by atoms with van der Waals surface area (Å²) in [6, 6.07) is 15.7. The number of urea groups is 1. The van der Waals surface area contributed by atoms with Crippen molar-refractivity contribution in [3.63, 3.8) is 0 Å². The Morgan fingerprint density at radius 2 is 1.70 bits per heavy atom. The molecule has 2 rings (SSSR count). The highest BCUT2D eigenvalue weighted by Crippen LogP contribution is 2.15. The van der Waals surface area contributed by atoms with E-state index in [9.17, 15) is 9.59 Å². The van der Waals surface area contributed by atoms with Gasteiger partial charge in [-0.3, -0.25) is 10.1 Å². The van der Waals surface area contributed by atoms with Crippen LogP contribution in [0.5, 0.6) is 0 Å². The van der Waals surface area contributed by atoms with Crippen molar-refractivity contribution in [2.24, 2.45) is 0 Å². The maximum absolute atomic E-state index is 11.8. The quantitative estimate of drug-likeness (QED) is 0.787. The van der Waals surface area contributed by atoms with E-state index in [0.29, 0.717) is 10.7 Å². The van der Waals surface area contributed by atoms with Crippen molar-refractivity contribution in [1.29, 1.82) is 0 Å². The zero-order valence-electron chi connectivity index (χ0n) is 12.7. The Morgan fingerprint density at radius 3 is 2.35 bits per heavy atom. The number of imide groups is 1. The number of rotatable bonds is 5. The second kappa shape index (κ2) is 8.31. The minimum absolute atomic E-state index is 0.0322. The van der Waals surface area contributed by atoms with Gasteiger partial charge < -0.3 is 10.6 Å². The Kier molecular flexibility index (Phi) is 6.14. The second-order valence-electron chi connectivity index (χ2n) is 5.02. The highest BCUT2D eigenvalue weighted by atomic mass is 35.5. The van der Waals surface area contributed by atoms with Crippen LogP contribution in [0, 0.1) is 0 Å². The largest absolute Gasteiger partial charge is 0.325 e. The lowest BCUT2D eigenvalue weighted by molar-refractivity contribution is -0.119. The van der Waals surface area contributed by atoms with Gasteiger partial charge >= 0.3 is 6.03 Å². The second-order valence-corrected chi connectivity index (χ2v) is 5.46. The van der Waals surface area contributed by atoms with Crippen molar-refractivity contribution in [1.82, 2.24) is 10.6 Å². The minimum atomic E-state index is -0.554. The fourth-order valence-electron chi connectivity index (χ4n) is 1.97. The van der Waals surface area contributed by atoms with Crippen molar-refractivity contribution in [2.45, 2.75) is 13.0 Å². The lowest BCUT2D eigenvalue weighted by atomic mass is 10.1. The molecule has 0 fully saturated rings. The molecule has 0 aromatic heterocycles. The zero-order chi connectivity index (χ0) is 16.7. The number of halogens is 1. The molecule has 0 spiro atoms. The van der Waals surface area contributed by atoms with Gasteiger partial charge in [0, 0.05) is 16.8 Å². The predicted octanol–water partition coefficient (Wildman–Crippen LogP) is 3.34. The molecule has 0 heterocycles. The van der Waals surface area contributed by atoms with E-state index < -0.39 is 11.9 Å². The van der Waals surface area contributed by atoms with Gasteiger partial charge in [-0.05, 0) is 36.8 Å². The summed E-state index contributed by atoms with van der Waals surface area (Å²) < 4.78 is 0. The number of anilines is 1. The molecule has 3 amide bonds. The van der Waals surface area contributed by atoms with Gasteiger partial charge in [0.2, 0.25) is 5.91 Å². The van der Waals surface area contributed by atoms with Gasteiger partial charge in [-0.1, -0.05) is 41.9 Å². The number of carbonyl (C=O) groups excluding carboxylic acids is 2. The molecule has 1 unspecified atom stereocenters. The molecule has 0 aliphatic carbocycles. The fourth-order valence-corrected chi connectivity index (χ4v) is 2.10. The summed E-state index contributed by atoms with van der Waals surface area (Å²) in [4.78, 5) is 23.5. The van der Waals surface area contributed by atoms with Gasteiger partial charge in [0.05, 0.1) is 6.54 Å². The molecule has 6 heteroatoms. The maximum Gasteiger partial charge on any atom is 0.325 e. The third-order valence-corrected chi connectivity index (χ3v) is 3.48. The minimum Gasteiger partial charge on any atom is -0.308 e. The van der Waals surface area contributed by atoms with Gasteiger partial charge in [-0.15, -0.1) is 0 Å². The molecule has 1 atom stereocenters. The van der Waals surface area contributed by atoms with Crippen LogP contribution in [0.3, 0.4) is 0 Å². The first-order chi connectivity index (χ1) is 11.0. The monoisotopic (exact) mass is 331 g/mol. The average molecular weight is 332 g/mol. The van der Waals surface area contributed by atoms with Crippen LogP contribution in [0.15, 0.2) is 54.6 Å². The maximum atomic E-state index is 11.8. The predicted molar refractivity (Wildman–Crippen MR) is 91.5 cm³/mol. The molecule has 2 aromatic rings. The smallest absolute Gasteiger partial charge is 0.308 e. The molecule has 0 radical (unpaired) electrons. The molecule has 0 aliphatic heterocycles. The number of para-hydroxylation sites is 1. The first-order valence-corrected chi connectivity index (χ1v) is 7.57. The van der Waals surface area contributed by atoms with Crippen LogP contribution in [0.2, 0.25) is 5.02 Å². The van der Waals surface area contributed by atoms with Crippen molar-refractivity contribution < 1.29 is 9.59 Å². The molecule has 0 aliphatic rings. The Bertz CT molecular complexity index is 659. The van der Waals surface area contributed by atoms with Crippen molar-refractivity contribution in [3.8, 4) is 0 Å². The van der Waals surface area contributed by atoms with Crippen LogP contribution in [-0.4, -0.2) is 18.5 Å². The van der Waals surface area contributed by atoms with E-state index in [1.165, 1.54) is 0 Å². The average Bonchev–Trinajstić information content (AvgIpc) is 2.54. The van der Waals surface area contributed by atoms with Gasteiger partial charge in [0.1, 0.15) is 0 Å². The molecule has 0 bridgehead atoms. The van der Waals surface area contributed by atoms with Gasteiger partial charge in [-0.25, -0.2) is 4.79 Å². The van der Waals surface area contributed by atoms with Crippen LogP contribution < -0.4 is 16.0 Å². The lowest BCUT2D eigenvalue weighted by Crippen LogP contribution is -2.40. The van der Waals surface area contributed by atoms with Crippen LogP contribution in [-0.2, 0) is 4.79 Å².